The Morgan fingerprint density at radius 2 is 1.93 bits per heavy atom. The molecule has 0 amide bonds. The van der Waals surface area contributed by atoms with E-state index < -0.39 is 0 Å². The predicted octanol–water partition coefficient (Wildman–Crippen LogP) is 2.58. The van der Waals surface area contributed by atoms with Crippen LogP contribution in [0.15, 0.2) is 28.7 Å². The first-order valence-corrected chi connectivity index (χ1v) is 5.75. The van der Waals surface area contributed by atoms with Crippen molar-refractivity contribution in [2.75, 3.05) is 6.54 Å². The smallest absolute Gasteiger partial charge is 0.0306 e. The van der Waals surface area contributed by atoms with Crippen LogP contribution in [0.3, 0.4) is 0 Å². The molecule has 4 N–H and O–H groups in total. The van der Waals surface area contributed by atoms with E-state index in [0.717, 1.165) is 30.3 Å². The van der Waals surface area contributed by atoms with Crippen LogP contribution in [0.5, 0.6) is 0 Å². The number of benzene rings is 1. The molecule has 0 saturated carbocycles. The maximum Gasteiger partial charge on any atom is 0.0306 e. The number of rotatable bonds is 5. The van der Waals surface area contributed by atoms with Gasteiger partial charge in [0.1, 0.15) is 0 Å². The van der Waals surface area contributed by atoms with Crippen LogP contribution in [-0.4, -0.2) is 6.54 Å². The van der Waals surface area contributed by atoms with Crippen LogP contribution in [0.2, 0.25) is 0 Å². The van der Waals surface area contributed by atoms with E-state index in [2.05, 4.69) is 22.0 Å². The van der Waals surface area contributed by atoms with Gasteiger partial charge >= 0.3 is 0 Å². The molecule has 2 nitrogen and oxygen atoms in total. The molecular formula is C11H17BrN2. The Balaban J connectivity index is 2.51. The van der Waals surface area contributed by atoms with Crippen LogP contribution < -0.4 is 11.5 Å². The molecular weight excluding hydrogens is 240 g/mol. The third-order valence-electron chi connectivity index (χ3n) is 2.27. The molecule has 0 radical (unpaired) electrons. The topological polar surface area (TPSA) is 52.0 Å². The number of hydrogen-bond donors (Lipinski definition) is 2. The summed E-state index contributed by atoms with van der Waals surface area (Å²) in [6, 6.07) is 8.23. The highest BCUT2D eigenvalue weighted by Gasteiger charge is 2.07. The predicted molar refractivity (Wildman–Crippen MR) is 64.0 cm³/mol. The molecule has 0 aliphatic rings. The highest BCUT2D eigenvalue weighted by atomic mass is 79.9. The lowest BCUT2D eigenvalue weighted by Gasteiger charge is -2.13. The van der Waals surface area contributed by atoms with Crippen LogP contribution in [0, 0.1) is 0 Å². The van der Waals surface area contributed by atoms with Crippen molar-refractivity contribution in [1.82, 2.24) is 0 Å². The molecule has 1 aromatic carbocycles. The number of hydrogen-bond acceptors (Lipinski definition) is 2. The van der Waals surface area contributed by atoms with Crippen LogP contribution in [0.1, 0.15) is 30.9 Å². The Kier molecular flexibility index (Phi) is 5.15. The summed E-state index contributed by atoms with van der Waals surface area (Å²) in [5.74, 6) is 0. The van der Waals surface area contributed by atoms with Gasteiger partial charge in [0.05, 0.1) is 0 Å². The molecule has 0 aromatic heterocycles. The van der Waals surface area contributed by atoms with Gasteiger partial charge in [-0.1, -0.05) is 40.5 Å². The molecule has 1 atom stereocenters. The van der Waals surface area contributed by atoms with E-state index in [0.29, 0.717) is 0 Å². The molecule has 3 heteroatoms. The maximum atomic E-state index is 6.07. The summed E-state index contributed by atoms with van der Waals surface area (Å²) < 4.78 is 1.10. The second-order valence-corrected chi connectivity index (χ2v) is 4.27. The van der Waals surface area contributed by atoms with Gasteiger partial charge in [-0.15, -0.1) is 0 Å². The van der Waals surface area contributed by atoms with E-state index >= 15 is 0 Å². The van der Waals surface area contributed by atoms with Gasteiger partial charge in [-0.2, -0.15) is 0 Å². The normalized spacial score (nSPS) is 12.8. The lowest BCUT2D eigenvalue weighted by Crippen LogP contribution is -2.11. The van der Waals surface area contributed by atoms with Gasteiger partial charge < -0.3 is 11.5 Å². The highest BCUT2D eigenvalue weighted by Crippen LogP contribution is 2.24. The van der Waals surface area contributed by atoms with E-state index in [9.17, 15) is 0 Å². The average Bonchev–Trinajstić information content (AvgIpc) is 2.18. The first-order chi connectivity index (χ1) is 6.75. The molecule has 1 rings (SSSR count). The summed E-state index contributed by atoms with van der Waals surface area (Å²) in [5.41, 5.74) is 12.7. The fraction of sp³-hybridized carbons (Fsp3) is 0.455. The molecule has 0 unspecified atom stereocenters. The van der Waals surface area contributed by atoms with E-state index in [4.69, 9.17) is 11.5 Å². The van der Waals surface area contributed by atoms with Crippen molar-refractivity contribution < 1.29 is 0 Å². The van der Waals surface area contributed by atoms with Gasteiger partial charge in [0, 0.05) is 10.5 Å². The second kappa shape index (κ2) is 6.17. The van der Waals surface area contributed by atoms with E-state index in [-0.39, 0.29) is 6.04 Å². The molecule has 0 aliphatic heterocycles. The molecule has 14 heavy (non-hydrogen) atoms. The molecule has 1 aromatic rings. The van der Waals surface area contributed by atoms with Crippen LogP contribution in [0.25, 0.3) is 0 Å². The van der Waals surface area contributed by atoms with Crippen molar-refractivity contribution in [3.8, 4) is 0 Å². The summed E-state index contributed by atoms with van der Waals surface area (Å²) in [7, 11) is 0. The third kappa shape index (κ3) is 3.40. The Morgan fingerprint density at radius 3 is 2.57 bits per heavy atom. The van der Waals surface area contributed by atoms with Crippen molar-refractivity contribution >= 4 is 15.9 Å². The minimum Gasteiger partial charge on any atom is -0.330 e. The largest absolute Gasteiger partial charge is 0.330 e. The average molecular weight is 257 g/mol. The van der Waals surface area contributed by atoms with E-state index in [1.807, 2.05) is 18.2 Å². The van der Waals surface area contributed by atoms with E-state index in [1.54, 1.807) is 0 Å². The number of halogens is 1. The Bertz CT molecular complexity index is 276. The van der Waals surface area contributed by atoms with Crippen molar-refractivity contribution in [3.63, 3.8) is 0 Å². The van der Waals surface area contributed by atoms with Gasteiger partial charge in [0.25, 0.3) is 0 Å². The van der Waals surface area contributed by atoms with E-state index in [1.165, 1.54) is 5.56 Å². The molecule has 0 heterocycles. The maximum absolute atomic E-state index is 6.07. The molecule has 0 bridgehead atoms. The van der Waals surface area contributed by atoms with Crippen LogP contribution in [0.4, 0.5) is 0 Å². The molecule has 78 valence electrons. The minimum absolute atomic E-state index is 0.122. The number of nitrogens with two attached hydrogens (primary N) is 2. The Morgan fingerprint density at radius 1 is 1.21 bits per heavy atom. The first-order valence-electron chi connectivity index (χ1n) is 4.95. The summed E-state index contributed by atoms with van der Waals surface area (Å²) in [6.45, 7) is 0.753. The third-order valence-corrected chi connectivity index (χ3v) is 3.00. The van der Waals surface area contributed by atoms with Gasteiger partial charge in [0.2, 0.25) is 0 Å². The Hall–Kier alpha value is -0.380. The monoisotopic (exact) mass is 256 g/mol. The SMILES string of the molecule is NCCCC[C@@H](N)c1ccccc1Br. The fourth-order valence-corrected chi connectivity index (χ4v) is 2.02. The second-order valence-electron chi connectivity index (χ2n) is 3.41. The molecule has 0 fully saturated rings. The van der Waals surface area contributed by atoms with Crippen molar-refractivity contribution in [2.24, 2.45) is 11.5 Å². The summed E-state index contributed by atoms with van der Waals surface area (Å²) in [5, 5.41) is 0. The molecule has 0 saturated heterocycles. The zero-order valence-corrected chi connectivity index (χ0v) is 9.83. The molecule has 0 aliphatic carbocycles. The standard InChI is InChI=1S/C11H17BrN2/c12-10-6-2-1-5-9(10)11(14)7-3-4-8-13/h1-2,5-6,11H,3-4,7-8,13-14H2/t11-/m1/s1. The quantitative estimate of drug-likeness (QED) is 0.796. The van der Waals surface area contributed by atoms with Gasteiger partial charge in [-0.05, 0) is 31.0 Å². The van der Waals surface area contributed by atoms with Crippen molar-refractivity contribution in [1.29, 1.82) is 0 Å². The zero-order chi connectivity index (χ0) is 10.4. The zero-order valence-electron chi connectivity index (χ0n) is 8.25. The Labute approximate surface area is 93.8 Å². The van der Waals surface area contributed by atoms with Gasteiger partial charge in [0.15, 0.2) is 0 Å². The van der Waals surface area contributed by atoms with Crippen LogP contribution >= 0.6 is 15.9 Å². The highest BCUT2D eigenvalue weighted by molar-refractivity contribution is 9.10. The fourth-order valence-electron chi connectivity index (χ4n) is 1.44. The minimum atomic E-state index is 0.122. The summed E-state index contributed by atoms with van der Waals surface area (Å²) in [4.78, 5) is 0. The van der Waals surface area contributed by atoms with Crippen LogP contribution in [-0.2, 0) is 0 Å². The lowest BCUT2D eigenvalue weighted by atomic mass is 10.0. The van der Waals surface area contributed by atoms with Crippen molar-refractivity contribution in [3.05, 3.63) is 34.3 Å². The van der Waals surface area contributed by atoms with Crippen molar-refractivity contribution in [2.45, 2.75) is 25.3 Å². The first kappa shape index (κ1) is 11.7. The van der Waals surface area contributed by atoms with Gasteiger partial charge in [-0.3, -0.25) is 0 Å². The lowest BCUT2D eigenvalue weighted by molar-refractivity contribution is 0.589. The summed E-state index contributed by atoms with van der Waals surface area (Å²) in [6.07, 6.45) is 3.15. The number of unbranched alkanes of at least 4 members (excludes halogenated alkanes) is 1. The van der Waals surface area contributed by atoms with Gasteiger partial charge in [-0.25, -0.2) is 0 Å². The summed E-state index contributed by atoms with van der Waals surface area (Å²) >= 11 is 3.50. The molecule has 0 spiro atoms.